The van der Waals surface area contributed by atoms with Gasteiger partial charge in [-0.1, -0.05) is 12.1 Å². The molecule has 1 aromatic heterocycles. The summed E-state index contributed by atoms with van der Waals surface area (Å²) in [5.41, 5.74) is 2.33. The van der Waals surface area contributed by atoms with E-state index in [0.717, 1.165) is 0 Å². The van der Waals surface area contributed by atoms with E-state index in [4.69, 9.17) is 4.74 Å². The molecule has 172 valence electrons. The van der Waals surface area contributed by atoms with Gasteiger partial charge in [-0.25, -0.2) is 13.5 Å². The molecule has 2 amide bonds. The van der Waals surface area contributed by atoms with Crippen LogP contribution in [0.25, 0.3) is 5.69 Å². The molecule has 0 atom stereocenters. The predicted molar refractivity (Wildman–Crippen MR) is 123 cm³/mol. The Morgan fingerprint density at radius 2 is 1.41 bits per heavy atom. The van der Waals surface area contributed by atoms with Gasteiger partial charge >= 0.3 is 0 Å². The number of ether oxygens (including phenoxy) is 1. The number of aromatic nitrogens is 2. The summed E-state index contributed by atoms with van der Waals surface area (Å²) < 4.78 is 33.7. The quantitative estimate of drug-likeness (QED) is 0.407. The lowest BCUT2D eigenvalue weighted by atomic mass is 10.2. The number of carbonyl (C=O) groups excluding carboxylic acids is 2. The lowest BCUT2D eigenvalue weighted by molar-refractivity contribution is -0.114. The van der Waals surface area contributed by atoms with Crippen LogP contribution < -0.4 is 15.4 Å². The van der Waals surface area contributed by atoms with E-state index in [-0.39, 0.29) is 29.8 Å². The summed E-state index contributed by atoms with van der Waals surface area (Å²) in [6, 6.07) is 18.0. The molecular formula is C25H20F2N4O3. The summed E-state index contributed by atoms with van der Waals surface area (Å²) in [6.45, 7) is 1.49. The summed E-state index contributed by atoms with van der Waals surface area (Å²) in [5.74, 6) is -1.30. The molecule has 9 heteroatoms. The number of nitrogens with zero attached hydrogens (tertiary/aromatic N) is 2. The van der Waals surface area contributed by atoms with E-state index in [1.165, 1.54) is 54.2 Å². The number of amides is 2. The molecule has 4 rings (SSSR count). The molecule has 0 bridgehead atoms. The van der Waals surface area contributed by atoms with Crippen molar-refractivity contribution in [2.45, 2.75) is 13.5 Å². The van der Waals surface area contributed by atoms with Gasteiger partial charge in [0.15, 0.2) is 11.4 Å². The molecule has 0 aliphatic rings. The van der Waals surface area contributed by atoms with Crippen molar-refractivity contribution in [2.24, 2.45) is 0 Å². The smallest absolute Gasteiger partial charge is 0.280 e. The lowest BCUT2D eigenvalue weighted by Gasteiger charge is -2.08. The van der Waals surface area contributed by atoms with Crippen molar-refractivity contribution in [3.05, 3.63) is 102 Å². The predicted octanol–water partition coefficient (Wildman–Crippen LogP) is 4.94. The number of carbonyl (C=O) groups is 2. The van der Waals surface area contributed by atoms with Gasteiger partial charge in [0.2, 0.25) is 5.91 Å². The van der Waals surface area contributed by atoms with Gasteiger partial charge in [-0.3, -0.25) is 9.59 Å². The minimum atomic E-state index is -0.526. The first-order valence-corrected chi connectivity index (χ1v) is 10.3. The monoisotopic (exact) mass is 462 g/mol. The maximum atomic E-state index is 13.3. The standard InChI is InChI=1S/C25H20F2N4O3/c1-16(32)28-20-8-10-21(11-9-20)29-25(33)24-23(34-15-17-2-4-18(26)5-3-17)14-31(30-24)22-12-6-19(27)7-13-22/h2-14H,15H2,1H3,(H,28,32)(H,29,33). The molecule has 34 heavy (non-hydrogen) atoms. The van der Waals surface area contributed by atoms with Gasteiger partial charge in [-0.2, -0.15) is 5.10 Å². The summed E-state index contributed by atoms with van der Waals surface area (Å²) in [4.78, 5) is 24.2. The molecule has 0 spiro atoms. The molecule has 0 aliphatic carbocycles. The third kappa shape index (κ3) is 5.63. The van der Waals surface area contributed by atoms with E-state index in [0.29, 0.717) is 22.6 Å². The fourth-order valence-corrected chi connectivity index (χ4v) is 3.12. The lowest BCUT2D eigenvalue weighted by Crippen LogP contribution is -2.14. The zero-order chi connectivity index (χ0) is 24.1. The molecule has 0 saturated carbocycles. The summed E-state index contributed by atoms with van der Waals surface area (Å²) in [7, 11) is 0. The first-order chi connectivity index (χ1) is 16.4. The minimum Gasteiger partial charge on any atom is -0.485 e. The Labute approximate surface area is 194 Å². The van der Waals surface area contributed by atoms with Crippen molar-refractivity contribution in [3.63, 3.8) is 0 Å². The van der Waals surface area contributed by atoms with E-state index in [1.54, 1.807) is 36.4 Å². The maximum absolute atomic E-state index is 13.3. The molecule has 0 saturated heterocycles. The van der Waals surface area contributed by atoms with Gasteiger partial charge < -0.3 is 15.4 Å². The normalized spacial score (nSPS) is 10.6. The zero-order valence-corrected chi connectivity index (χ0v) is 18.1. The van der Waals surface area contributed by atoms with Gasteiger partial charge in [0.25, 0.3) is 5.91 Å². The molecule has 0 fully saturated rings. The second-order valence-corrected chi connectivity index (χ2v) is 7.39. The van der Waals surface area contributed by atoms with Gasteiger partial charge in [-0.05, 0) is 66.2 Å². The van der Waals surface area contributed by atoms with Crippen molar-refractivity contribution < 1.29 is 23.1 Å². The average molecular weight is 462 g/mol. The van der Waals surface area contributed by atoms with Gasteiger partial charge in [-0.15, -0.1) is 0 Å². The van der Waals surface area contributed by atoms with Gasteiger partial charge in [0.1, 0.15) is 18.2 Å². The second kappa shape index (κ2) is 9.95. The molecular weight excluding hydrogens is 442 g/mol. The first-order valence-electron chi connectivity index (χ1n) is 10.3. The van der Waals surface area contributed by atoms with E-state index in [1.807, 2.05) is 0 Å². The van der Waals surface area contributed by atoms with Crippen LogP contribution in [-0.2, 0) is 11.4 Å². The largest absolute Gasteiger partial charge is 0.485 e. The van der Waals surface area contributed by atoms with Crippen molar-refractivity contribution in [1.29, 1.82) is 0 Å². The van der Waals surface area contributed by atoms with Crippen molar-refractivity contribution in [1.82, 2.24) is 9.78 Å². The Morgan fingerprint density at radius 1 is 0.853 bits per heavy atom. The number of hydrogen-bond donors (Lipinski definition) is 2. The summed E-state index contributed by atoms with van der Waals surface area (Å²) >= 11 is 0. The van der Waals surface area contributed by atoms with E-state index in [2.05, 4.69) is 15.7 Å². The highest BCUT2D eigenvalue weighted by Gasteiger charge is 2.20. The van der Waals surface area contributed by atoms with Crippen LogP contribution in [0.4, 0.5) is 20.2 Å². The zero-order valence-electron chi connectivity index (χ0n) is 18.1. The second-order valence-electron chi connectivity index (χ2n) is 7.39. The number of hydrogen-bond acceptors (Lipinski definition) is 4. The van der Waals surface area contributed by atoms with Crippen molar-refractivity contribution >= 4 is 23.2 Å². The highest BCUT2D eigenvalue weighted by Crippen LogP contribution is 2.23. The Hall–Kier alpha value is -4.53. The van der Waals surface area contributed by atoms with E-state index in [9.17, 15) is 18.4 Å². The number of rotatable bonds is 7. The number of anilines is 2. The molecule has 7 nitrogen and oxygen atoms in total. The number of halogens is 2. The van der Waals surface area contributed by atoms with Crippen LogP contribution >= 0.6 is 0 Å². The third-order valence-electron chi connectivity index (χ3n) is 4.76. The SMILES string of the molecule is CC(=O)Nc1ccc(NC(=O)c2nn(-c3ccc(F)cc3)cc2OCc2ccc(F)cc2)cc1. The number of nitrogens with one attached hydrogen (secondary N) is 2. The maximum Gasteiger partial charge on any atom is 0.280 e. The van der Waals surface area contributed by atoms with Gasteiger partial charge in [0, 0.05) is 18.3 Å². The summed E-state index contributed by atoms with van der Waals surface area (Å²) in [5, 5.41) is 9.72. The first kappa shape index (κ1) is 22.7. The van der Waals surface area contributed by atoms with Crippen LogP contribution in [0.2, 0.25) is 0 Å². The van der Waals surface area contributed by atoms with Crippen LogP contribution in [0.1, 0.15) is 23.0 Å². The third-order valence-corrected chi connectivity index (χ3v) is 4.76. The summed E-state index contributed by atoms with van der Waals surface area (Å²) in [6.07, 6.45) is 1.52. The van der Waals surface area contributed by atoms with E-state index < -0.39 is 11.7 Å². The highest BCUT2D eigenvalue weighted by molar-refractivity contribution is 6.04. The minimum absolute atomic E-state index is 0.0115. The highest BCUT2D eigenvalue weighted by atomic mass is 19.1. The fourth-order valence-electron chi connectivity index (χ4n) is 3.12. The van der Waals surface area contributed by atoms with E-state index >= 15 is 0 Å². The fraction of sp³-hybridized carbons (Fsp3) is 0.0800. The van der Waals surface area contributed by atoms with Crippen LogP contribution in [0.15, 0.2) is 79.0 Å². The molecule has 0 radical (unpaired) electrons. The molecule has 2 N–H and O–H groups in total. The average Bonchev–Trinajstić information content (AvgIpc) is 3.24. The van der Waals surface area contributed by atoms with Crippen LogP contribution in [0.3, 0.4) is 0 Å². The Kier molecular flexibility index (Phi) is 6.63. The van der Waals surface area contributed by atoms with Crippen LogP contribution in [0, 0.1) is 11.6 Å². The van der Waals surface area contributed by atoms with Gasteiger partial charge in [0.05, 0.1) is 11.9 Å². The molecule has 0 unspecified atom stereocenters. The number of benzene rings is 3. The molecule has 1 heterocycles. The van der Waals surface area contributed by atoms with Crippen molar-refractivity contribution in [2.75, 3.05) is 10.6 Å². The molecule has 3 aromatic carbocycles. The van der Waals surface area contributed by atoms with Crippen LogP contribution in [-0.4, -0.2) is 21.6 Å². The molecule has 0 aliphatic heterocycles. The topological polar surface area (TPSA) is 85.3 Å². The Morgan fingerprint density at radius 3 is 2.00 bits per heavy atom. The Balaban J connectivity index is 1.57. The van der Waals surface area contributed by atoms with Crippen molar-refractivity contribution in [3.8, 4) is 11.4 Å². The van der Waals surface area contributed by atoms with Crippen LogP contribution in [0.5, 0.6) is 5.75 Å². The Bertz CT molecular complexity index is 1300. The molecule has 4 aromatic rings.